The van der Waals surface area contributed by atoms with Crippen LogP contribution >= 0.6 is 0 Å². The highest BCUT2D eigenvalue weighted by molar-refractivity contribution is 5.71. The zero-order chi connectivity index (χ0) is 15.6. The minimum atomic E-state index is 0.374. The molecule has 2 unspecified atom stereocenters. The maximum Gasteiger partial charge on any atom is 0.161 e. The van der Waals surface area contributed by atoms with Crippen LogP contribution in [0.4, 0.5) is 0 Å². The first-order valence-electron chi connectivity index (χ1n) is 9.18. The van der Waals surface area contributed by atoms with Gasteiger partial charge in [0.05, 0.1) is 12.2 Å². The van der Waals surface area contributed by atoms with Crippen LogP contribution in [0, 0.1) is 0 Å². The molecule has 0 bridgehead atoms. The average molecular weight is 313 g/mol. The predicted molar refractivity (Wildman–Crippen MR) is 92.3 cm³/mol. The Labute approximate surface area is 138 Å². The van der Waals surface area contributed by atoms with E-state index < -0.39 is 0 Å². The van der Waals surface area contributed by atoms with E-state index in [0.717, 1.165) is 24.3 Å². The summed E-state index contributed by atoms with van der Waals surface area (Å²) >= 11 is 0. The first-order valence-corrected chi connectivity index (χ1v) is 9.18. The van der Waals surface area contributed by atoms with E-state index in [-0.39, 0.29) is 0 Å². The molecule has 2 saturated heterocycles. The maximum absolute atomic E-state index is 4.99. The Morgan fingerprint density at radius 2 is 2.13 bits per heavy atom. The van der Waals surface area contributed by atoms with Crippen LogP contribution < -0.4 is 5.32 Å². The van der Waals surface area contributed by atoms with Crippen molar-refractivity contribution in [3.05, 3.63) is 24.2 Å². The molecule has 2 aliphatic rings. The fourth-order valence-corrected chi connectivity index (χ4v) is 4.19. The molecule has 0 aromatic carbocycles. The number of hydrogen-bond donors (Lipinski definition) is 1. The topological polar surface area (TPSA) is 46.0 Å². The van der Waals surface area contributed by atoms with Crippen molar-refractivity contribution in [3.8, 4) is 0 Å². The Balaban J connectivity index is 1.81. The quantitative estimate of drug-likeness (QED) is 0.945. The van der Waals surface area contributed by atoms with Crippen molar-refractivity contribution < 1.29 is 0 Å². The van der Waals surface area contributed by atoms with Gasteiger partial charge < -0.3 is 5.32 Å². The highest BCUT2D eigenvalue weighted by Crippen LogP contribution is 2.33. The summed E-state index contributed by atoms with van der Waals surface area (Å²) in [5.41, 5.74) is 2.09. The van der Waals surface area contributed by atoms with Crippen LogP contribution in [0.15, 0.2) is 18.3 Å². The molecular weight excluding hydrogens is 286 g/mol. The predicted octanol–water partition coefficient (Wildman–Crippen LogP) is 3.25. The zero-order valence-corrected chi connectivity index (χ0v) is 14.0. The second-order valence-corrected chi connectivity index (χ2v) is 6.79. The van der Waals surface area contributed by atoms with Gasteiger partial charge in [0.25, 0.3) is 0 Å². The molecule has 2 fully saturated rings. The van der Waals surface area contributed by atoms with E-state index >= 15 is 0 Å². The van der Waals surface area contributed by atoms with Crippen molar-refractivity contribution in [1.29, 1.82) is 0 Å². The third kappa shape index (κ3) is 2.76. The van der Waals surface area contributed by atoms with Gasteiger partial charge in [0.1, 0.15) is 11.3 Å². The van der Waals surface area contributed by atoms with E-state index in [1.165, 1.54) is 50.9 Å². The molecular formula is C18H27N5. The SMILES string of the molecule is CCN1CCCCC1n1c(C2CCCCN2)nc2cccnc21. The molecule has 5 nitrogen and oxygen atoms in total. The molecule has 124 valence electrons. The van der Waals surface area contributed by atoms with E-state index in [2.05, 4.69) is 32.8 Å². The van der Waals surface area contributed by atoms with Crippen LogP contribution in [0.5, 0.6) is 0 Å². The molecule has 23 heavy (non-hydrogen) atoms. The lowest BCUT2D eigenvalue weighted by molar-refractivity contribution is 0.0999. The Hall–Kier alpha value is -1.46. The van der Waals surface area contributed by atoms with Gasteiger partial charge >= 0.3 is 0 Å². The van der Waals surface area contributed by atoms with Crippen LogP contribution in [0.1, 0.15) is 63.5 Å². The number of pyridine rings is 1. The lowest BCUT2D eigenvalue weighted by Crippen LogP contribution is -2.39. The first kappa shape index (κ1) is 15.1. The molecule has 2 aromatic rings. The smallest absolute Gasteiger partial charge is 0.161 e. The van der Waals surface area contributed by atoms with Gasteiger partial charge in [-0.05, 0) is 57.3 Å². The Morgan fingerprint density at radius 1 is 1.22 bits per heavy atom. The highest BCUT2D eigenvalue weighted by Gasteiger charge is 2.30. The van der Waals surface area contributed by atoms with Gasteiger partial charge in [0.15, 0.2) is 5.65 Å². The van der Waals surface area contributed by atoms with Gasteiger partial charge in [0, 0.05) is 12.7 Å². The summed E-state index contributed by atoms with van der Waals surface area (Å²) in [6.07, 6.45) is 9.87. The monoisotopic (exact) mass is 313 g/mol. The fourth-order valence-electron chi connectivity index (χ4n) is 4.19. The fraction of sp³-hybridized carbons (Fsp3) is 0.667. The molecule has 2 atom stereocenters. The number of piperidine rings is 2. The van der Waals surface area contributed by atoms with Crippen molar-refractivity contribution >= 4 is 11.2 Å². The van der Waals surface area contributed by atoms with Crippen molar-refractivity contribution in [2.75, 3.05) is 19.6 Å². The van der Waals surface area contributed by atoms with E-state index in [1.54, 1.807) is 0 Å². The second-order valence-electron chi connectivity index (χ2n) is 6.79. The van der Waals surface area contributed by atoms with Gasteiger partial charge in [-0.1, -0.05) is 13.3 Å². The molecule has 0 amide bonds. The Bertz CT molecular complexity index is 658. The third-order valence-electron chi connectivity index (χ3n) is 5.38. The van der Waals surface area contributed by atoms with E-state index in [0.29, 0.717) is 12.2 Å². The molecule has 0 radical (unpaired) electrons. The number of fused-ring (bicyclic) bond motifs is 1. The number of nitrogens with one attached hydrogen (secondary N) is 1. The van der Waals surface area contributed by atoms with Gasteiger partial charge in [-0.3, -0.25) is 9.47 Å². The maximum atomic E-state index is 4.99. The second kappa shape index (κ2) is 6.57. The summed E-state index contributed by atoms with van der Waals surface area (Å²) in [4.78, 5) is 12.3. The van der Waals surface area contributed by atoms with Crippen LogP contribution in [0.25, 0.3) is 11.2 Å². The lowest BCUT2D eigenvalue weighted by atomic mass is 10.0. The molecule has 0 saturated carbocycles. The number of hydrogen-bond acceptors (Lipinski definition) is 4. The van der Waals surface area contributed by atoms with E-state index in [9.17, 15) is 0 Å². The van der Waals surface area contributed by atoms with E-state index in [1.807, 2.05) is 12.3 Å². The lowest BCUT2D eigenvalue weighted by Gasteiger charge is -2.37. The first-order chi connectivity index (χ1) is 11.4. The average Bonchev–Trinajstić information content (AvgIpc) is 3.02. The summed E-state index contributed by atoms with van der Waals surface area (Å²) in [6.45, 7) is 5.65. The molecule has 2 aromatic heterocycles. The largest absolute Gasteiger partial charge is 0.307 e. The third-order valence-corrected chi connectivity index (χ3v) is 5.38. The molecule has 2 aliphatic heterocycles. The van der Waals surface area contributed by atoms with Crippen molar-refractivity contribution in [1.82, 2.24) is 24.8 Å². The number of likely N-dealkylation sites (tertiary alicyclic amines) is 1. The number of aromatic nitrogens is 3. The van der Waals surface area contributed by atoms with Gasteiger partial charge in [-0.25, -0.2) is 9.97 Å². The standard InChI is InChI=1S/C18H27N5/c1-2-22-13-6-4-10-16(22)23-17-15(9-7-12-20-17)21-18(23)14-8-3-5-11-19-14/h7,9,12,14,16,19H,2-6,8,10-11,13H2,1H3. The summed E-state index contributed by atoms with van der Waals surface area (Å²) < 4.78 is 2.45. The van der Waals surface area contributed by atoms with Crippen LogP contribution in [-0.2, 0) is 0 Å². The number of rotatable bonds is 3. The van der Waals surface area contributed by atoms with E-state index in [4.69, 9.17) is 4.98 Å². The molecule has 4 heterocycles. The minimum Gasteiger partial charge on any atom is -0.307 e. The summed E-state index contributed by atoms with van der Waals surface area (Å²) in [5.74, 6) is 1.20. The molecule has 0 spiro atoms. The summed E-state index contributed by atoms with van der Waals surface area (Å²) in [7, 11) is 0. The van der Waals surface area contributed by atoms with Crippen molar-refractivity contribution in [3.63, 3.8) is 0 Å². The van der Waals surface area contributed by atoms with Crippen molar-refractivity contribution in [2.45, 2.75) is 57.7 Å². The molecule has 0 aliphatic carbocycles. The van der Waals surface area contributed by atoms with Crippen molar-refractivity contribution in [2.24, 2.45) is 0 Å². The summed E-state index contributed by atoms with van der Waals surface area (Å²) in [6, 6.07) is 4.47. The van der Waals surface area contributed by atoms with Crippen LogP contribution in [-0.4, -0.2) is 39.1 Å². The van der Waals surface area contributed by atoms with Gasteiger partial charge in [-0.2, -0.15) is 0 Å². The van der Waals surface area contributed by atoms with Gasteiger partial charge in [0.2, 0.25) is 0 Å². The number of nitrogens with zero attached hydrogens (tertiary/aromatic N) is 4. The molecule has 1 N–H and O–H groups in total. The molecule has 5 heteroatoms. The highest BCUT2D eigenvalue weighted by atomic mass is 15.3. The molecule has 4 rings (SSSR count). The Kier molecular flexibility index (Phi) is 4.31. The minimum absolute atomic E-state index is 0.374. The van der Waals surface area contributed by atoms with Gasteiger partial charge in [-0.15, -0.1) is 0 Å². The zero-order valence-electron chi connectivity index (χ0n) is 14.0. The van der Waals surface area contributed by atoms with Crippen LogP contribution in [0.2, 0.25) is 0 Å². The Morgan fingerprint density at radius 3 is 2.96 bits per heavy atom. The summed E-state index contributed by atoms with van der Waals surface area (Å²) in [5, 5.41) is 3.68. The number of imidazole rings is 1. The van der Waals surface area contributed by atoms with Crippen LogP contribution in [0.3, 0.4) is 0 Å². The normalized spacial score (nSPS) is 26.7.